The molecule has 0 unspecified atom stereocenters. The number of benzene rings is 1. The molecule has 0 bridgehead atoms. The van der Waals surface area contributed by atoms with Crippen molar-refractivity contribution in [2.24, 2.45) is 0 Å². The fourth-order valence-corrected chi connectivity index (χ4v) is 1.89. The topological polar surface area (TPSA) is 112 Å². The summed E-state index contributed by atoms with van der Waals surface area (Å²) in [6.07, 6.45) is 4.22. The van der Waals surface area contributed by atoms with Gasteiger partial charge < -0.3 is 15.3 Å². The summed E-state index contributed by atoms with van der Waals surface area (Å²) in [5, 5.41) is 27.1. The second-order valence-corrected chi connectivity index (χ2v) is 5.25. The Balaban J connectivity index is 3.67. The Morgan fingerprint density at radius 1 is 0.708 bits per heavy atom. The standard InChI is InChI=1S/C18H18O6/c1-10(16(19)20)7-13-5-4-6-14(8-11(2)17(21)22)15(13)9-12(3)18(23)24/h4-9H,1-3H3,(H,19,20)(H,21,22)(H,23,24)/b10-7+,11-8+,12-9+. The van der Waals surface area contributed by atoms with Crippen molar-refractivity contribution < 1.29 is 29.7 Å². The number of rotatable bonds is 6. The van der Waals surface area contributed by atoms with Crippen LogP contribution in [0, 0.1) is 0 Å². The molecular weight excluding hydrogens is 312 g/mol. The third-order valence-electron chi connectivity index (χ3n) is 3.29. The Labute approximate surface area is 139 Å². The highest BCUT2D eigenvalue weighted by molar-refractivity contribution is 5.97. The van der Waals surface area contributed by atoms with E-state index in [1.54, 1.807) is 18.2 Å². The molecule has 0 saturated heterocycles. The SMILES string of the molecule is C/C(=C\c1cccc(/C=C(\C)C(=O)O)c1/C=C(\C)C(=O)O)C(=O)O. The number of carboxylic acid groups (broad SMARTS) is 3. The Morgan fingerprint density at radius 2 is 1.04 bits per heavy atom. The zero-order valence-corrected chi connectivity index (χ0v) is 13.5. The molecule has 0 amide bonds. The van der Waals surface area contributed by atoms with Crippen molar-refractivity contribution in [1.29, 1.82) is 0 Å². The summed E-state index contributed by atoms with van der Waals surface area (Å²) in [6, 6.07) is 4.93. The van der Waals surface area contributed by atoms with Crippen molar-refractivity contribution in [3.63, 3.8) is 0 Å². The van der Waals surface area contributed by atoms with E-state index >= 15 is 0 Å². The van der Waals surface area contributed by atoms with E-state index in [-0.39, 0.29) is 16.7 Å². The predicted octanol–water partition coefficient (Wildman–Crippen LogP) is 3.15. The number of hydrogen-bond acceptors (Lipinski definition) is 3. The van der Waals surface area contributed by atoms with E-state index in [9.17, 15) is 14.4 Å². The average molecular weight is 330 g/mol. The molecule has 1 aromatic rings. The van der Waals surface area contributed by atoms with Gasteiger partial charge in [-0.15, -0.1) is 0 Å². The van der Waals surface area contributed by atoms with Gasteiger partial charge in [-0.2, -0.15) is 0 Å². The lowest BCUT2D eigenvalue weighted by molar-refractivity contribution is -0.133. The van der Waals surface area contributed by atoms with Crippen LogP contribution < -0.4 is 0 Å². The van der Waals surface area contributed by atoms with Gasteiger partial charge in [-0.05, 0) is 55.7 Å². The lowest BCUT2D eigenvalue weighted by Crippen LogP contribution is -2.00. The van der Waals surface area contributed by atoms with Gasteiger partial charge in [0.05, 0.1) is 0 Å². The summed E-state index contributed by atoms with van der Waals surface area (Å²) in [6.45, 7) is 4.25. The van der Waals surface area contributed by atoms with Crippen molar-refractivity contribution in [2.75, 3.05) is 0 Å². The van der Waals surface area contributed by atoms with E-state index in [1.165, 1.54) is 39.0 Å². The van der Waals surface area contributed by atoms with E-state index in [0.29, 0.717) is 16.7 Å². The average Bonchev–Trinajstić information content (AvgIpc) is 2.49. The van der Waals surface area contributed by atoms with Crippen LogP contribution in [0.5, 0.6) is 0 Å². The highest BCUT2D eigenvalue weighted by Gasteiger charge is 2.10. The third-order valence-corrected chi connectivity index (χ3v) is 3.29. The van der Waals surface area contributed by atoms with Crippen LogP contribution >= 0.6 is 0 Å². The molecule has 0 aliphatic heterocycles. The van der Waals surface area contributed by atoms with Crippen molar-refractivity contribution in [3.8, 4) is 0 Å². The maximum atomic E-state index is 11.1. The smallest absolute Gasteiger partial charge is 0.331 e. The first kappa shape index (κ1) is 18.9. The van der Waals surface area contributed by atoms with Gasteiger partial charge in [0.25, 0.3) is 0 Å². The van der Waals surface area contributed by atoms with Crippen LogP contribution in [0.3, 0.4) is 0 Å². The molecule has 1 rings (SSSR count). The molecule has 6 heteroatoms. The van der Waals surface area contributed by atoms with Crippen LogP contribution in [0.4, 0.5) is 0 Å². The predicted molar refractivity (Wildman–Crippen MR) is 90.3 cm³/mol. The Kier molecular flexibility index (Phi) is 6.23. The lowest BCUT2D eigenvalue weighted by Gasteiger charge is -2.09. The van der Waals surface area contributed by atoms with Gasteiger partial charge in [-0.3, -0.25) is 0 Å². The van der Waals surface area contributed by atoms with Crippen LogP contribution in [-0.4, -0.2) is 33.2 Å². The molecule has 24 heavy (non-hydrogen) atoms. The lowest BCUT2D eigenvalue weighted by atomic mass is 9.96. The maximum absolute atomic E-state index is 11.1. The monoisotopic (exact) mass is 330 g/mol. The zero-order chi connectivity index (χ0) is 18.4. The Bertz CT molecular complexity index is 732. The van der Waals surface area contributed by atoms with Crippen molar-refractivity contribution in [1.82, 2.24) is 0 Å². The molecule has 0 atom stereocenters. The minimum Gasteiger partial charge on any atom is -0.478 e. The molecular formula is C18H18O6. The molecule has 0 spiro atoms. The fourth-order valence-electron chi connectivity index (χ4n) is 1.89. The van der Waals surface area contributed by atoms with Gasteiger partial charge in [-0.25, -0.2) is 14.4 Å². The van der Waals surface area contributed by atoms with Crippen molar-refractivity contribution in [3.05, 3.63) is 51.6 Å². The second kappa shape index (κ2) is 7.92. The molecule has 126 valence electrons. The van der Waals surface area contributed by atoms with Crippen LogP contribution in [0.2, 0.25) is 0 Å². The van der Waals surface area contributed by atoms with Crippen molar-refractivity contribution in [2.45, 2.75) is 20.8 Å². The summed E-state index contributed by atoms with van der Waals surface area (Å²) in [5.41, 5.74) is 1.62. The number of carbonyl (C=O) groups is 3. The van der Waals surface area contributed by atoms with E-state index in [0.717, 1.165) is 0 Å². The minimum atomic E-state index is -1.12. The minimum absolute atomic E-state index is 0.0476. The zero-order valence-electron chi connectivity index (χ0n) is 13.5. The third kappa shape index (κ3) is 4.95. The molecule has 0 fully saturated rings. The summed E-state index contributed by atoms with van der Waals surface area (Å²) in [5.74, 6) is -3.31. The Hall–Kier alpha value is -3.15. The number of hydrogen-bond donors (Lipinski definition) is 3. The summed E-state index contributed by atoms with van der Waals surface area (Å²) >= 11 is 0. The molecule has 0 aliphatic carbocycles. The molecule has 0 aliphatic rings. The first-order valence-corrected chi connectivity index (χ1v) is 7.01. The van der Waals surface area contributed by atoms with E-state index < -0.39 is 17.9 Å². The maximum Gasteiger partial charge on any atom is 0.331 e. The highest BCUT2D eigenvalue weighted by atomic mass is 16.4. The molecule has 0 heterocycles. The van der Waals surface area contributed by atoms with Gasteiger partial charge in [-0.1, -0.05) is 18.2 Å². The van der Waals surface area contributed by atoms with Gasteiger partial charge >= 0.3 is 17.9 Å². The first-order valence-electron chi connectivity index (χ1n) is 7.01. The van der Waals surface area contributed by atoms with Gasteiger partial charge in [0, 0.05) is 16.7 Å². The summed E-state index contributed by atoms with van der Waals surface area (Å²) < 4.78 is 0. The molecule has 0 aromatic heterocycles. The normalized spacial score (nSPS) is 12.9. The van der Waals surface area contributed by atoms with E-state index in [2.05, 4.69) is 0 Å². The van der Waals surface area contributed by atoms with Crippen LogP contribution in [0.15, 0.2) is 34.9 Å². The molecule has 0 radical (unpaired) electrons. The summed E-state index contributed by atoms with van der Waals surface area (Å²) in [7, 11) is 0. The van der Waals surface area contributed by atoms with Gasteiger partial charge in [0.1, 0.15) is 0 Å². The van der Waals surface area contributed by atoms with E-state index in [4.69, 9.17) is 15.3 Å². The molecule has 6 nitrogen and oxygen atoms in total. The largest absolute Gasteiger partial charge is 0.478 e. The molecule has 3 N–H and O–H groups in total. The second-order valence-electron chi connectivity index (χ2n) is 5.25. The first-order chi connectivity index (χ1) is 11.1. The number of carboxylic acids is 3. The Morgan fingerprint density at radius 3 is 1.38 bits per heavy atom. The van der Waals surface area contributed by atoms with Crippen LogP contribution in [0.1, 0.15) is 37.5 Å². The molecule has 0 saturated carbocycles. The van der Waals surface area contributed by atoms with Gasteiger partial charge in [0.2, 0.25) is 0 Å². The van der Waals surface area contributed by atoms with Crippen molar-refractivity contribution >= 4 is 36.1 Å². The fraction of sp³-hybridized carbons (Fsp3) is 0.167. The quantitative estimate of drug-likeness (QED) is 0.691. The number of aliphatic carboxylic acids is 3. The van der Waals surface area contributed by atoms with E-state index in [1.807, 2.05) is 0 Å². The molecule has 1 aromatic carbocycles. The summed E-state index contributed by atoms with van der Waals surface area (Å²) in [4.78, 5) is 33.2. The van der Waals surface area contributed by atoms with Gasteiger partial charge in [0.15, 0.2) is 0 Å². The van der Waals surface area contributed by atoms with Crippen LogP contribution in [0.25, 0.3) is 18.2 Å². The highest BCUT2D eigenvalue weighted by Crippen LogP contribution is 2.23. The van der Waals surface area contributed by atoms with Crippen LogP contribution in [-0.2, 0) is 14.4 Å².